The molecule has 3 rings (SSSR count). The molecule has 9 heteroatoms. The van der Waals surface area contributed by atoms with Gasteiger partial charge in [-0.1, -0.05) is 35.3 Å². The summed E-state index contributed by atoms with van der Waals surface area (Å²) in [7, 11) is 1.41. The second-order valence-electron chi connectivity index (χ2n) is 7.80. The standard InChI is InChI=1S/C27H23Cl2N3O4/c1-16-7-8-22(9-17(16)2)31-25(33)15-36-26-23(29)11-18(12-24(26)35-3)10-19(14-30)27(34)32-21-6-4-5-20(28)13-21/h4-13H,15H2,1-3H3,(H,31,33)(H,32,34)/b19-10-. The molecule has 0 spiro atoms. The number of hydrogen-bond donors (Lipinski definition) is 2. The molecule has 0 saturated heterocycles. The van der Waals surface area contributed by atoms with Gasteiger partial charge in [0.25, 0.3) is 11.8 Å². The SMILES string of the molecule is COc1cc(/C=C(/C#N)C(=O)Nc2cccc(Cl)c2)cc(Cl)c1OCC(=O)Nc1ccc(C)c(C)c1. The summed E-state index contributed by atoms with van der Waals surface area (Å²) < 4.78 is 11.0. The number of methoxy groups -OCH3 is 1. The number of amides is 2. The van der Waals surface area contributed by atoms with Crippen LogP contribution in [0.4, 0.5) is 11.4 Å². The summed E-state index contributed by atoms with van der Waals surface area (Å²) in [6, 6.07) is 17.1. The van der Waals surface area contributed by atoms with Gasteiger partial charge in [0.2, 0.25) is 0 Å². The molecule has 0 heterocycles. The maximum Gasteiger partial charge on any atom is 0.266 e. The van der Waals surface area contributed by atoms with Crippen LogP contribution < -0.4 is 20.1 Å². The van der Waals surface area contributed by atoms with Crippen molar-refractivity contribution in [2.75, 3.05) is 24.4 Å². The van der Waals surface area contributed by atoms with Crippen molar-refractivity contribution in [3.63, 3.8) is 0 Å². The molecule has 3 aromatic carbocycles. The van der Waals surface area contributed by atoms with Gasteiger partial charge in [0.05, 0.1) is 12.1 Å². The molecule has 0 aliphatic rings. The van der Waals surface area contributed by atoms with Gasteiger partial charge in [-0.15, -0.1) is 0 Å². The molecule has 0 aliphatic carbocycles. The van der Waals surface area contributed by atoms with Crippen molar-refractivity contribution < 1.29 is 19.1 Å². The Kier molecular flexibility index (Phi) is 8.96. The molecule has 36 heavy (non-hydrogen) atoms. The van der Waals surface area contributed by atoms with Crippen molar-refractivity contribution in [3.05, 3.63) is 86.9 Å². The van der Waals surface area contributed by atoms with E-state index in [1.165, 1.54) is 19.3 Å². The Morgan fingerprint density at radius 1 is 1.00 bits per heavy atom. The molecule has 0 unspecified atom stereocenters. The van der Waals surface area contributed by atoms with Gasteiger partial charge in [0, 0.05) is 16.4 Å². The number of anilines is 2. The van der Waals surface area contributed by atoms with Crippen molar-refractivity contribution in [1.82, 2.24) is 0 Å². The van der Waals surface area contributed by atoms with Crippen molar-refractivity contribution in [3.8, 4) is 17.6 Å². The zero-order chi connectivity index (χ0) is 26.2. The van der Waals surface area contributed by atoms with Crippen LogP contribution in [0.15, 0.2) is 60.2 Å². The highest BCUT2D eigenvalue weighted by molar-refractivity contribution is 6.32. The number of aryl methyl sites for hydroxylation is 2. The minimum atomic E-state index is -0.613. The lowest BCUT2D eigenvalue weighted by atomic mass is 10.1. The van der Waals surface area contributed by atoms with E-state index in [0.29, 0.717) is 22.0 Å². The first-order valence-corrected chi connectivity index (χ1v) is 11.5. The van der Waals surface area contributed by atoms with E-state index in [9.17, 15) is 14.9 Å². The summed E-state index contributed by atoms with van der Waals surface area (Å²) >= 11 is 12.3. The molecule has 0 fully saturated rings. The van der Waals surface area contributed by atoms with Crippen LogP contribution >= 0.6 is 23.2 Å². The maximum atomic E-state index is 12.6. The largest absolute Gasteiger partial charge is 0.493 e. The van der Waals surface area contributed by atoms with E-state index in [1.54, 1.807) is 30.3 Å². The summed E-state index contributed by atoms with van der Waals surface area (Å²) in [5.41, 5.74) is 3.56. The van der Waals surface area contributed by atoms with E-state index in [-0.39, 0.29) is 34.6 Å². The molecule has 7 nitrogen and oxygen atoms in total. The summed E-state index contributed by atoms with van der Waals surface area (Å²) in [5, 5.41) is 15.5. The third-order valence-corrected chi connectivity index (χ3v) is 5.66. The van der Waals surface area contributed by atoms with E-state index >= 15 is 0 Å². The van der Waals surface area contributed by atoms with Crippen LogP contribution in [-0.4, -0.2) is 25.5 Å². The number of benzene rings is 3. The zero-order valence-corrected chi connectivity index (χ0v) is 21.3. The Bertz CT molecular complexity index is 1380. The number of carbonyl (C=O) groups excluding carboxylic acids is 2. The van der Waals surface area contributed by atoms with Crippen LogP contribution in [0.25, 0.3) is 6.08 Å². The number of halogens is 2. The Hall–Kier alpha value is -3.99. The summed E-state index contributed by atoms with van der Waals surface area (Å²) in [5.74, 6) is -0.586. The lowest BCUT2D eigenvalue weighted by Gasteiger charge is -2.14. The number of rotatable bonds is 8. The van der Waals surface area contributed by atoms with Gasteiger partial charge in [-0.25, -0.2) is 0 Å². The minimum absolute atomic E-state index is 0.145. The molecule has 2 N–H and O–H groups in total. The summed E-state index contributed by atoms with van der Waals surface area (Å²) in [6.45, 7) is 3.65. The lowest BCUT2D eigenvalue weighted by molar-refractivity contribution is -0.118. The fourth-order valence-electron chi connectivity index (χ4n) is 3.20. The fraction of sp³-hybridized carbons (Fsp3) is 0.148. The second kappa shape index (κ2) is 12.1. The van der Waals surface area contributed by atoms with Crippen molar-refractivity contribution in [2.24, 2.45) is 0 Å². The first-order valence-electron chi connectivity index (χ1n) is 10.8. The zero-order valence-electron chi connectivity index (χ0n) is 19.8. The third-order valence-electron chi connectivity index (χ3n) is 5.15. The van der Waals surface area contributed by atoms with Crippen molar-refractivity contribution in [2.45, 2.75) is 13.8 Å². The Morgan fingerprint density at radius 2 is 1.75 bits per heavy atom. The Morgan fingerprint density at radius 3 is 2.42 bits per heavy atom. The first kappa shape index (κ1) is 26.6. The Balaban J connectivity index is 1.73. The van der Waals surface area contributed by atoms with Gasteiger partial charge in [-0.3, -0.25) is 9.59 Å². The van der Waals surface area contributed by atoms with E-state index in [2.05, 4.69) is 10.6 Å². The van der Waals surface area contributed by atoms with Crippen LogP contribution in [0, 0.1) is 25.2 Å². The van der Waals surface area contributed by atoms with E-state index < -0.39 is 5.91 Å². The molecule has 2 amide bonds. The molecule has 184 valence electrons. The molecule has 3 aromatic rings. The molecule has 0 aliphatic heterocycles. The van der Waals surface area contributed by atoms with Crippen LogP contribution in [0.2, 0.25) is 10.0 Å². The van der Waals surface area contributed by atoms with Gasteiger partial charge < -0.3 is 20.1 Å². The smallest absolute Gasteiger partial charge is 0.266 e. The van der Waals surface area contributed by atoms with Gasteiger partial charge >= 0.3 is 0 Å². The minimum Gasteiger partial charge on any atom is -0.493 e. The van der Waals surface area contributed by atoms with Crippen LogP contribution in [0.5, 0.6) is 11.5 Å². The van der Waals surface area contributed by atoms with Gasteiger partial charge in [-0.2, -0.15) is 5.26 Å². The van der Waals surface area contributed by atoms with Crippen LogP contribution in [0.1, 0.15) is 16.7 Å². The van der Waals surface area contributed by atoms with E-state index in [4.69, 9.17) is 32.7 Å². The molecule has 0 saturated carbocycles. The molecular weight excluding hydrogens is 501 g/mol. The van der Waals surface area contributed by atoms with Gasteiger partial charge in [0.15, 0.2) is 18.1 Å². The number of nitriles is 1. The highest BCUT2D eigenvalue weighted by Gasteiger charge is 2.16. The topological polar surface area (TPSA) is 100 Å². The second-order valence-corrected chi connectivity index (χ2v) is 8.65. The highest BCUT2D eigenvalue weighted by Crippen LogP contribution is 2.37. The molecular formula is C27H23Cl2N3O4. The van der Waals surface area contributed by atoms with Crippen molar-refractivity contribution >= 4 is 52.5 Å². The number of nitrogens with zero attached hydrogens (tertiary/aromatic N) is 1. The predicted octanol–water partition coefficient (Wildman–Crippen LogP) is 6.18. The molecule has 0 aromatic heterocycles. The van der Waals surface area contributed by atoms with E-state index in [0.717, 1.165) is 11.1 Å². The number of nitrogens with one attached hydrogen (secondary N) is 2. The number of hydrogen-bond acceptors (Lipinski definition) is 5. The Labute approximate surface area is 219 Å². The van der Waals surface area contributed by atoms with Crippen molar-refractivity contribution in [1.29, 1.82) is 5.26 Å². The quantitative estimate of drug-likeness (QED) is 0.271. The average molecular weight is 524 g/mol. The average Bonchev–Trinajstić information content (AvgIpc) is 2.83. The monoisotopic (exact) mass is 523 g/mol. The lowest BCUT2D eigenvalue weighted by Crippen LogP contribution is -2.20. The third kappa shape index (κ3) is 7.01. The maximum absolute atomic E-state index is 12.6. The van der Waals surface area contributed by atoms with Crippen LogP contribution in [-0.2, 0) is 9.59 Å². The normalized spacial score (nSPS) is 10.8. The highest BCUT2D eigenvalue weighted by atomic mass is 35.5. The van der Waals surface area contributed by atoms with Gasteiger partial charge in [0.1, 0.15) is 11.6 Å². The summed E-state index contributed by atoms with van der Waals surface area (Å²) in [4.78, 5) is 24.9. The van der Waals surface area contributed by atoms with Crippen LogP contribution in [0.3, 0.4) is 0 Å². The van der Waals surface area contributed by atoms with E-state index in [1.807, 2.05) is 38.1 Å². The number of ether oxygens (including phenoxy) is 2. The first-order chi connectivity index (χ1) is 17.2. The fourth-order valence-corrected chi connectivity index (χ4v) is 3.66. The predicted molar refractivity (Wildman–Crippen MR) is 142 cm³/mol. The molecule has 0 atom stereocenters. The summed E-state index contributed by atoms with van der Waals surface area (Å²) in [6.07, 6.45) is 1.37. The van der Waals surface area contributed by atoms with Gasteiger partial charge in [-0.05, 0) is 79.1 Å². The molecule has 0 radical (unpaired) electrons. The molecule has 0 bridgehead atoms. The number of carbonyl (C=O) groups is 2.